The molecule has 3 rings (SSSR count). The summed E-state index contributed by atoms with van der Waals surface area (Å²) in [5.41, 5.74) is 6.16. The number of hydrogen-bond donors (Lipinski definition) is 1. The summed E-state index contributed by atoms with van der Waals surface area (Å²) in [7, 11) is 0. The fraction of sp³-hybridized carbons (Fsp3) is 0.600. The number of rotatable bonds is 1. The van der Waals surface area contributed by atoms with Crippen molar-refractivity contribution >= 4 is 23.3 Å². The molecule has 5 heteroatoms. The molecular weight excluding hydrogens is 274 g/mol. The summed E-state index contributed by atoms with van der Waals surface area (Å²) in [6, 6.07) is 2.04. The van der Waals surface area contributed by atoms with E-state index in [9.17, 15) is 4.79 Å². The van der Waals surface area contributed by atoms with Gasteiger partial charge in [-0.3, -0.25) is 4.79 Å². The maximum Gasteiger partial charge on any atom is 0.255 e. The molecule has 0 bridgehead atoms. The molecule has 1 aromatic rings. The zero-order chi connectivity index (χ0) is 14.1. The van der Waals surface area contributed by atoms with Crippen molar-refractivity contribution in [1.82, 2.24) is 9.88 Å². The molecule has 2 heterocycles. The van der Waals surface area contributed by atoms with Gasteiger partial charge in [-0.25, -0.2) is 4.98 Å². The molecule has 0 spiro atoms. The van der Waals surface area contributed by atoms with Crippen LogP contribution in [0.15, 0.2) is 12.3 Å². The van der Waals surface area contributed by atoms with E-state index in [4.69, 9.17) is 17.3 Å². The van der Waals surface area contributed by atoms with Gasteiger partial charge in [0.2, 0.25) is 0 Å². The minimum absolute atomic E-state index is 0.0519. The van der Waals surface area contributed by atoms with E-state index in [0.29, 0.717) is 22.5 Å². The maximum absolute atomic E-state index is 12.7. The van der Waals surface area contributed by atoms with E-state index in [-0.39, 0.29) is 11.7 Å². The molecular formula is C15H20ClN3O. The standard InChI is InChI=1S/C15H20ClN3O/c16-12-8-11(9-18-14(12)17)15(20)19-7-3-5-10-4-1-2-6-13(10)19/h8-10,13H,1-7H2,(H2,17,18). The Hall–Kier alpha value is -1.29. The fourth-order valence-electron chi connectivity index (χ4n) is 3.61. The average molecular weight is 294 g/mol. The Bertz CT molecular complexity index is 518. The number of carbonyl (C=O) groups excluding carboxylic acids is 1. The van der Waals surface area contributed by atoms with E-state index in [1.54, 1.807) is 6.07 Å². The number of pyridine rings is 1. The van der Waals surface area contributed by atoms with E-state index >= 15 is 0 Å². The van der Waals surface area contributed by atoms with Crippen molar-refractivity contribution in [2.45, 2.75) is 44.6 Å². The van der Waals surface area contributed by atoms with Gasteiger partial charge in [0.15, 0.2) is 0 Å². The first-order valence-electron chi connectivity index (χ1n) is 7.39. The van der Waals surface area contributed by atoms with Gasteiger partial charge in [0, 0.05) is 18.8 Å². The number of fused-ring (bicyclic) bond motifs is 1. The number of hydrogen-bond acceptors (Lipinski definition) is 3. The Morgan fingerprint density at radius 1 is 1.30 bits per heavy atom. The van der Waals surface area contributed by atoms with Crippen LogP contribution < -0.4 is 5.73 Å². The number of piperidine rings is 1. The molecule has 1 aliphatic heterocycles. The largest absolute Gasteiger partial charge is 0.382 e. The highest BCUT2D eigenvalue weighted by Crippen LogP contribution is 2.36. The number of anilines is 1. The summed E-state index contributed by atoms with van der Waals surface area (Å²) in [5.74, 6) is 1.01. The second kappa shape index (κ2) is 5.60. The van der Waals surface area contributed by atoms with Crippen LogP contribution in [0.1, 0.15) is 48.9 Å². The van der Waals surface area contributed by atoms with Crippen molar-refractivity contribution in [3.8, 4) is 0 Å². The predicted molar refractivity (Wildman–Crippen MR) is 79.7 cm³/mol. The number of likely N-dealkylation sites (tertiary alicyclic amines) is 1. The van der Waals surface area contributed by atoms with E-state index in [1.165, 1.54) is 31.9 Å². The highest BCUT2D eigenvalue weighted by atomic mass is 35.5. The molecule has 2 unspecified atom stereocenters. The van der Waals surface area contributed by atoms with Crippen LogP contribution in [0, 0.1) is 5.92 Å². The zero-order valence-corrected chi connectivity index (χ0v) is 12.3. The van der Waals surface area contributed by atoms with Crippen LogP contribution in [0.25, 0.3) is 0 Å². The summed E-state index contributed by atoms with van der Waals surface area (Å²) in [6.07, 6.45) is 8.82. The van der Waals surface area contributed by atoms with E-state index in [0.717, 1.165) is 19.4 Å². The molecule has 0 radical (unpaired) electrons. The second-order valence-corrected chi connectivity index (χ2v) is 6.25. The number of nitrogen functional groups attached to an aromatic ring is 1. The topological polar surface area (TPSA) is 59.2 Å². The van der Waals surface area contributed by atoms with Crippen LogP contribution in [0.4, 0.5) is 5.82 Å². The first-order chi connectivity index (χ1) is 9.66. The van der Waals surface area contributed by atoms with Crippen molar-refractivity contribution < 1.29 is 4.79 Å². The lowest BCUT2D eigenvalue weighted by Gasteiger charge is -2.44. The lowest BCUT2D eigenvalue weighted by molar-refractivity contribution is 0.0390. The summed E-state index contributed by atoms with van der Waals surface area (Å²) >= 11 is 5.98. The number of nitrogens with two attached hydrogens (primary N) is 1. The van der Waals surface area contributed by atoms with Crippen molar-refractivity contribution in [3.63, 3.8) is 0 Å². The van der Waals surface area contributed by atoms with Gasteiger partial charge in [-0.1, -0.05) is 24.4 Å². The molecule has 2 N–H and O–H groups in total. The van der Waals surface area contributed by atoms with Crippen molar-refractivity contribution in [2.75, 3.05) is 12.3 Å². The van der Waals surface area contributed by atoms with Crippen LogP contribution >= 0.6 is 11.6 Å². The normalized spacial score (nSPS) is 26.1. The molecule has 4 nitrogen and oxygen atoms in total. The molecule has 108 valence electrons. The molecule has 1 aromatic heterocycles. The zero-order valence-electron chi connectivity index (χ0n) is 11.5. The van der Waals surface area contributed by atoms with Gasteiger partial charge in [-0.15, -0.1) is 0 Å². The summed E-state index contributed by atoms with van der Waals surface area (Å²) in [4.78, 5) is 18.7. The van der Waals surface area contributed by atoms with Gasteiger partial charge in [0.05, 0.1) is 10.6 Å². The van der Waals surface area contributed by atoms with Crippen molar-refractivity contribution in [2.24, 2.45) is 5.92 Å². The predicted octanol–water partition coefficient (Wildman–Crippen LogP) is 3.11. The van der Waals surface area contributed by atoms with Gasteiger partial charge in [0.25, 0.3) is 5.91 Å². The third kappa shape index (κ3) is 2.49. The minimum atomic E-state index is 0.0519. The monoisotopic (exact) mass is 293 g/mol. The quantitative estimate of drug-likeness (QED) is 0.865. The summed E-state index contributed by atoms with van der Waals surface area (Å²) in [6.45, 7) is 0.849. The van der Waals surface area contributed by atoms with Crippen molar-refractivity contribution in [1.29, 1.82) is 0 Å². The maximum atomic E-state index is 12.7. The molecule has 0 aromatic carbocycles. The van der Waals surface area contributed by atoms with Gasteiger partial charge in [-0.05, 0) is 37.7 Å². The Labute approximate surface area is 124 Å². The number of halogens is 1. The molecule has 2 atom stereocenters. The van der Waals surface area contributed by atoms with Crippen LogP contribution in [0.2, 0.25) is 5.02 Å². The third-order valence-electron chi connectivity index (χ3n) is 4.62. The Kier molecular flexibility index (Phi) is 3.83. The number of amides is 1. The highest BCUT2D eigenvalue weighted by molar-refractivity contribution is 6.33. The Balaban J connectivity index is 1.83. The molecule has 2 aliphatic rings. The van der Waals surface area contributed by atoms with E-state index in [1.807, 2.05) is 4.90 Å². The second-order valence-electron chi connectivity index (χ2n) is 5.84. The molecule has 1 saturated carbocycles. The van der Waals surface area contributed by atoms with Crippen molar-refractivity contribution in [3.05, 3.63) is 22.8 Å². The van der Waals surface area contributed by atoms with E-state index in [2.05, 4.69) is 4.98 Å². The number of nitrogens with zero attached hydrogens (tertiary/aromatic N) is 2. The Morgan fingerprint density at radius 2 is 2.05 bits per heavy atom. The first-order valence-corrected chi connectivity index (χ1v) is 7.76. The van der Waals surface area contributed by atoms with Crippen LogP contribution in [0.3, 0.4) is 0 Å². The van der Waals surface area contributed by atoms with Crippen LogP contribution in [-0.4, -0.2) is 28.4 Å². The minimum Gasteiger partial charge on any atom is -0.382 e. The summed E-state index contributed by atoms with van der Waals surface area (Å²) in [5, 5.41) is 0.355. The SMILES string of the molecule is Nc1ncc(C(=O)N2CCCC3CCCCC32)cc1Cl. The first kappa shape index (κ1) is 13.7. The molecule has 20 heavy (non-hydrogen) atoms. The third-order valence-corrected chi connectivity index (χ3v) is 4.92. The lowest BCUT2D eigenvalue weighted by Crippen LogP contribution is -2.49. The fourth-order valence-corrected chi connectivity index (χ4v) is 3.77. The average Bonchev–Trinajstić information content (AvgIpc) is 2.49. The van der Waals surface area contributed by atoms with Gasteiger partial charge in [0.1, 0.15) is 5.82 Å². The van der Waals surface area contributed by atoms with Crippen LogP contribution in [-0.2, 0) is 0 Å². The van der Waals surface area contributed by atoms with Crippen LogP contribution in [0.5, 0.6) is 0 Å². The summed E-state index contributed by atoms with van der Waals surface area (Å²) < 4.78 is 0. The highest BCUT2D eigenvalue weighted by Gasteiger charge is 2.36. The number of carbonyl (C=O) groups is 1. The molecule has 1 saturated heterocycles. The smallest absolute Gasteiger partial charge is 0.255 e. The Morgan fingerprint density at radius 3 is 2.85 bits per heavy atom. The molecule has 2 fully saturated rings. The van der Waals surface area contributed by atoms with Gasteiger partial charge in [-0.2, -0.15) is 0 Å². The van der Waals surface area contributed by atoms with Gasteiger partial charge < -0.3 is 10.6 Å². The molecule has 1 aliphatic carbocycles. The van der Waals surface area contributed by atoms with Gasteiger partial charge >= 0.3 is 0 Å². The molecule has 1 amide bonds. The van der Waals surface area contributed by atoms with E-state index < -0.39 is 0 Å². The lowest BCUT2D eigenvalue weighted by atomic mass is 9.78. The number of aromatic nitrogens is 1.